The van der Waals surface area contributed by atoms with E-state index >= 15 is 0 Å². The number of benzene rings is 1. The number of thiophene rings is 1. The molecule has 3 heterocycles. The molecule has 23 heavy (non-hydrogen) atoms. The minimum Gasteiger partial charge on any atom is -0.485 e. The van der Waals surface area contributed by atoms with Crippen molar-refractivity contribution in [2.75, 3.05) is 6.61 Å². The summed E-state index contributed by atoms with van der Waals surface area (Å²) < 4.78 is 12.6. The number of hydrogen-bond donors (Lipinski definition) is 0. The van der Waals surface area contributed by atoms with E-state index in [4.69, 9.17) is 9.47 Å². The number of thiazole rings is 1. The van der Waals surface area contributed by atoms with Crippen LogP contribution < -0.4 is 9.47 Å². The lowest BCUT2D eigenvalue weighted by Crippen LogP contribution is -2.21. The fourth-order valence-corrected chi connectivity index (χ4v) is 4.59. The minimum absolute atomic E-state index is 0.0490. The molecule has 4 rings (SSSR count). The minimum atomic E-state index is -0.275. The molecule has 0 fully saturated rings. The molecular formula is C16H11NO3S3. The van der Waals surface area contributed by atoms with Crippen LogP contribution in [0, 0.1) is 0 Å². The van der Waals surface area contributed by atoms with E-state index in [0.717, 1.165) is 15.0 Å². The summed E-state index contributed by atoms with van der Waals surface area (Å²) >= 11 is 4.17. The maximum atomic E-state index is 12.2. The number of fused-ring (bicyclic) bond motifs is 1. The predicted molar refractivity (Wildman–Crippen MR) is 91.9 cm³/mol. The van der Waals surface area contributed by atoms with Gasteiger partial charge in [-0.3, -0.25) is 4.79 Å². The molecule has 0 bridgehead atoms. The zero-order chi connectivity index (χ0) is 15.6. The Morgan fingerprint density at radius 3 is 2.87 bits per heavy atom. The molecule has 1 aromatic carbocycles. The molecule has 4 nitrogen and oxygen atoms in total. The molecule has 7 heteroatoms. The van der Waals surface area contributed by atoms with Gasteiger partial charge in [0.05, 0.1) is 4.21 Å². The van der Waals surface area contributed by atoms with E-state index < -0.39 is 0 Å². The van der Waals surface area contributed by atoms with Crippen molar-refractivity contribution in [2.45, 2.75) is 10.3 Å². The Morgan fingerprint density at radius 2 is 2.04 bits per heavy atom. The number of hydrogen-bond acceptors (Lipinski definition) is 7. The molecule has 0 N–H and O–H groups in total. The summed E-state index contributed by atoms with van der Waals surface area (Å²) in [7, 11) is 0. The van der Waals surface area contributed by atoms with Crippen LogP contribution in [0.1, 0.15) is 21.6 Å². The molecular weight excluding hydrogens is 350 g/mol. The zero-order valence-corrected chi connectivity index (χ0v) is 14.2. The molecule has 0 amide bonds. The first kappa shape index (κ1) is 14.7. The van der Waals surface area contributed by atoms with Crippen molar-refractivity contribution < 1.29 is 14.3 Å². The van der Waals surface area contributed by atoms with Gasteiger partial charge in [0.25, 0.3) is 0 Å². The maximum absolute atomic E-state index is 12.2. The Bertz CT molecular complexity index is 829. The lowest BCUT2D eigenvalue weighted by atomic mass is 10.2. The average Bonchev–Trinajstić information content (AvgIpc) is 3.26. The summed E-state index contributed by atoms with van der Waals surface area (Å²) in [6.45, 7) is 0.399. The topological polar surface area (TPSA) is 48.4 Å². The number of ether oxygens (including phenoxy) is 2. The molecule has 1 aliphatic rings. The van der Waals surface area contributed by atoms with E-state index in [1.807, 2.05) is 41.8 Å². The Kier molecular flexibility index (Phi) is 4.07. The van der Waals surface area contributed by atoms with E-state index in [0.29, 0.717) is 18.1 Å². The number of rotatable bonds is 3. The molecule has 3 aromatic rings. The van der Waals surface area contributed by atoms with Crippen molar-refractivity contribution in [1.29, 1.82) is 0 Å². The van der Waals surface area contributed by atoms with Gasteiger partial charge in [0.1, 0.15) is 17.3 Å². The van der Waals surface area contributed by atoms with E-state index in [1.165, 1.54) is 23.1 Å². The monoisotopic (exact) mass is 361 g/mol. The number of thioether (sulfide) groups is 1. The smallest absolute Gasteiger partial charge is 0.244 e. The van der Waals surface area contributed by atoms with Crippen molar-refractivity contribution >= 4 is 39.6 Å². The summed E-state index contributed by atoms with van der Waals surface area (Å²) in [5.41, 5.74) is 0.464. The molecule has 0 aliphatic carbocycles. The van der Waals surface area contributed by atoms with Crippen LogP contribution in [0.5, 0.6) is 11.5 Å². The number of carbonyl (C=O) groups is 1. The van der Waals surface area contributed by atoms with Crippen molar-refractivity contribution in [1.82, 2.24) is 4.98 Å². The van der Waals surface area contributed by atoms with Crippen LogP contribution in [-0.2, 0) is 0 Å². The van der Waals surface area contributed by atoms with Crippen molar-refractivity contribution in [3.8, 4) is 11.5 Å². The van der Waals surface area contributed by atoms with Gasteiger partial charge >= 0.3 is 0 Å². The predicted octanol–water partition coefficient (Wildman–Crippen LogP) is 4.65. The summed E-state index contributed by atoms with van der Waals surface area (Å²) in [4.78, 5) is 16.7. The molecule has 0 saturated carbocycles. The highest BCUT2D eigenvalue weighted by atomic mass is 32.2. The SMILES string of the molecule is O=C(Sc1cccs1)c1csc([C@@H]2COc3ccccc3O2)n1. The third kappa shape index (κ3) is 3.12. The second-order valence-corrected chi connectivity index (χ2v) is 7.87. The van der Waals surface area contributed by atoms with Gasteiger partial charge < -0.3 is 9.47 Å². The molecule has 1 atom stereocenters. The number of nitrogens with zero attached hydrogens (tertiary/aromatic N) is 1. The summed E-state index contributed by atoms with van der Waals surface area (Å²) in [6, 6.07) is 11.4. The van der Waals surface area contributed by atoms with E-state index in [9.17, 15) is 4.79 Å². The normalized spacial score (nSPS) is 16.3. The van der Waals surface area contributed by atoms with E-state index in [1.54, 1.807) is 16.7 Å². The highest BCUT2D eigenvalue weighted by Gasteiger charge is 2.26. The Labute approximate surface area is 145 Å². The quantitative estimate of drug-likeness (QED) is 0.636. The lowest BCUT2D eigenvalue weighted by Gasteiger charge is -2.24. The standard InChI is InChI=1S/C16H11NO3S3/c18-16(23-14-6-3-7-21-14)10-9-22-15(17-10)13-8-19-11-4-1-2-5-12(11)20-13/h1-7,9,13H,8H2/t13-/m0/s1. The van der Waals surface area contributed by atoms with E-state index in [2.05, 4.69) is 4.98 Å². The maximum Gasteiger partial charge on any atom is 0.244 e. The number of aromatic nitrogens is 1. The highest BCUT2D eigenvalue weighted by molar-refractivity contribution is 8.15. The van der Waals surface area contributed by atoms with Crippen molar-refractivity contribution in [2.24, 2.45) is 0 Å². The third-order valence-corrected chi connectivity index (χ3v) is 6.07. The molecule has 0 unspecified atom stereocenters. The van der Waals surface area contributed by atoms with Crippen LogP contribution in [0.3, 0.4) is 0 Å². The molecule has 0 radical (unpaired) electrons. The average molecular weight is 361 g/mol. The van der Waals surface area contributed by atoms with Gasteiger partial charge in [-0.2, -0.15) is 0 Å². The van der Waals surface area contributed by atoms with Gasteiger partial charge in [-0.15, -0.1) is 22.7 Å². The van der Waals surface area contributed by atoms with Gasteiger partial charge in [0.15, 0.2) is 17.6 Å². The van der Waals surface area contributed by atoms with Crippen LogP contribution >= 0.6 is 34.4 Å². The van der Waals surface area contributed by atoms with Crippen LogP contribution in [0.15, 0.2) is 51.4 Å². The Balaban J connectivity index is 1.49. The zero-order valence-electron chi connectivity index (χ0n) is 11.8. The van der Waals surface area contributed by atoms with Crippen LogP contribution in [0.25, 0.3) is 0 Å². The second kappa shape index (κ2) is 6.35. The summed E-state index contributed by atoms with van der Waals surface area (Å²) in [5.74, 6) is 1.45. The van der Waals surface area contributed by atoms with Crippen LogP contribution in [0.4, 0.5) is 0 Å². The van der Waals surface area contributed by atoms with E-state index in [-0.39, 0.29) is 11.2 Å². The highest BCUT2D eigenvalue weighted by Crippen LogP contribution is 2.37. The summed E-state index contributed by atoms with van der Waals surface area (Å²) in [6.07, 6.45) is -0.275. The number of para-hydroxylation sites is 2. The Morgan fingerprint density at radius 1 is 1.17 bits per heavy atom. The molecule has 116 valence electrons. The molecule has 1 aliphatic heterocycles. The lowest BCUT2D eigenvalue weighted by molar-refractivity contribution is 0.0908. The van der Waals surface area contributed by atoms with Gasteiger partial charge in [0, 0.05) is 5.38 Å². The fourth-order valence-electron chi connectivity index (χ4n) is 2.14. The van der Waals surface area contributed by atoms with Gasteiger partial charge in [0.2, 0.25) is 5.12 Å². The fraction of sp³-hybridized carbons (Fsp3) is 0.125. The summed E-state index contributed by atoms with van der Waals surface area (Å²) in [5, 5.41) is 4.44. The van der Waals surface area contributed by atoms with Gasteiger partial charge in [-0.05, 0) is 35.3 Å². The van der Waals surface area contributed by atoms with Crippen molar-refractivity contribution in [3.05, 3.63) is 57.9 Å². The first-order chi connectivity index (χ1) is 11.3. The number of carbonyl (C=O) groups excluding carboxylic acids is 1. The van der Waals surface area contributed by atoms with Gasteiger partial charge in [-0.1, -0.05) is 18.2 Å². The molecule has 0 saturated heterocycles. The second-order valence-electron chi connectivity index (χ2n) is 4.76. The Hall–Kier alpha value is -1.83. The molecule has 2 aromatic heterocycles. The first-order valence-electron chi connectivity index (χ1n) is 6.89. The van der Waals surface area contributed by atoms with Crippen LogP contribution in [0.2, 0.25) is 0 Å². The first-order valence-corrected chi connectivity index (χ1v) is 9.47. The third-order valence-electron chi connectivity index (χ3n) is 3.20. The molecule has 0 spiro atoms. The van der Waals surface area contributed by atoms with Crippen LogP contribution in [-0.4, -0.2) is 16.7 Å². The van der Waals surface area contributed by atoms with Crippen molar-refractivity contribution in [3.63, 3.8) is 0 Å². The van der Waals surface area contributed by atoms with Gasteiger partial charge in [-0.25, -0.2) is 4.98 Å². The largest absolute Gasteiger partial charge is 0.485 e.